The first-order valence-electron chi connectivity index (χ1n) is 3.14. The number of aliphatic imine (C=N–C) groups is 1. The normalized spacial score (nSPS) is 16.5. The lowest BCUT2D eigenvalue weighted by Gasteiger charge is -1.93. The Labute approximate surface area is 58.4 Å². The van der Waals surface area contributed by atoms with Crippen molar-refractivity contribution in [2.45, 2.75) is 19.8 Å². The highest BCUT2D eigenvalue weighted by Gasteiger charge is 2.19. The summed E-state index contributed by atoms with van der Waals surface area (Å²) in [4.78, 5) is 13.4. The van der Waals surface area contributed by atoms with Crippen LogP contribution in [0.3, 0.4) is 0 Å². The molecule has 1 heterocycles. The van der Waals surface area contributed by atoms with Crippen LogP contribution in [-0.4, -0.2) is 11.1 Å². The number of nitro groups is 1. The van der Waals surface area contributed by atoms with Gasteiger partial charge in [0.2, 0.25) is 0 Å². The third kappa shape index (κ3) is 1.05. The Morgan fingerprint density at radius 3 is 3.00 bits per heavy atom. The third-order valence-corrected chi connectivity index (χ3v) is 1.47. The molecule has 0 unspecified atom stereocenters. The molecule has 10 heavy (non-hydrogen) atoms. The van der Waals surface area contributed by atoms with E-state index in [9.17, 15) is 10.1 Å². The van der Waals surface area contributed by atoms with Gasteiger partial charge in [-0.15, -0.1) is 0 Å². The molecule has 0 amide bonds. The Kier molecular flexibility index (Phi) is 1.80. The van der Waals surface area contributed by atoms with Crippen LogP contribution < -0.4 is 0 Å². The van der Waals surface area contributed by atoms with Crippen molar-refractivity contribution in [2.24, 2.45) is 4.99 Å². The highest BCUT2D eigenvalue weighted by molar-refractivity contribution is 5.66. The molecule has 0 saturated carbocycles. The summed E-state index contributed by atoms with van der Waals surface area (Å²) in [6.07, 6.45) is 2.94. The molecule has 0 bridgehead atoms. The van der Waals surface area contributed by atoms with Crippen molar-refractivity contribution in [1.82, 2.24) is 0 Å². The van der Waals surface area contributed by atoms with Gasteiger partial charge < -0.3 is 10.1 Å². The van der Waals surface area contributed by atoms with Crippen molar-refractivity contribution in [2.75, 3.05) is 0 Å². The quantitative estimate of drug-likeness (QED) is 0.429. The van der Waals surface area contributed by atoms with Gasteiger partial charge in [0.1, 0.15) is 6.21 Å². The van der Waals surface area contributed by atoms with Gasteiger partial charge in [-0.2, -0.15) is 0 Å². The molecule has 0 fully saturated rings. The van der Waals surface area contributed by atoms with Gasteiger partial charge in [-0.3, -0.25) is 0 Å². The second kappa shape index (κ2) is 2.60. The van der Waals surface area contributed by atoms with Gasteiger partial charge in [0.15, 0.2) is 0 Å². The average Bonchev–Trinajstić information content (AvgIpc) is 2.33. The molecule has 1 rings (SSSR count). The lowest BCUT2D eigenvalue weighted by molar-refractivity contribution is -0.426. The molecular formula is C6H8N2O2. The van der Waals surface area contributed by atoms with Crippen molar-refractivity contribution in [3.05, 3.63) is 21.5 Å². The molecule has 0 aromatic rings. The van der Waals surface area contributed by atoms with Gasteiger partial charge in [-0.05, 0) is 11.3 Å². The van der Waals surface area contributed by atoms with E-state index in [1.165, 1.54) is 0 Å². The lowest BCUT2D eigenvalue weighted by atomic mass is 10.2. The standard InChI is InChI=1S/C6H8N2O2/c1-2-5-3-4-7-6(5)8(9)10/h4H,2-3H2,1H3. The van der Waals surface area contributed by atoms with Gasteiger partial charge in [0, 0.05) is 12.0 Å². The maximum atomic E-state index is 10.2. The predicted octanol–water partition coefficient (Wildman–Crippen LogP) is 1.36. The number of allylic oxidation sites excluding steroid dienone is 1. The molecule has 0 atom stereocenters. The Hall–Kier alpha value is -1.19. The smallest absolute Gasteiger partial charge is 0.358 e. The van der Waals surface area contributed by atoms with Crippen LogP contribution in [0.15, 0.2) is 16.4 Å². The fraction of sp³-hybridized carbons (Fsp3) is 0.500. The minimum atomic E-state index is -0.428. The Morgan fingerprint density at radius 1 is 1.90 bits per heavy atom. The van der Waals surface area contributed by atoms with E-state index in [2.05, 4.69) is 4.99 Å². The van der Waals surface area contributed by atoms with Gasteiger partial charge >= 0.3 is 5.82 Å². The summed E-state index contributed by atoms with van der Waals surface area (Å²) in [5, 5.41) is 10.2. The summed E-state index contributed by atoms with van der Waals surface area (Å²) >= 11 is 0. The first-order chi connectivity index (χ1) is 4.75. The van der Waals surface area contributed by atoms with Gasteiger partial charge in [-0.1, -0.05) is 11.9 Å². The number of hydrogen-bond donors (Lipinski definition) is 0. The highest BCUT2D eigenvalue weighted by atomic mass is 16.6. The van der Waals surface area contributed by atoms with E-state index in [4.69, 9.17) is 0 Å². The van der Waals surface area contributed by atoms with Crippen molar-refractivity contribution >= 4 is 6.21 Å². The van der Waals surface area contributed by atoms with Crippen LogP contribution >= 0.6 is 0 Å². The molecule has 0 radical (unpaired) electrons. The van der Waals surface area contributed by atoms with Gasteiger partial charge in [-0.25, -0.2) is 0 Å². The Balaban J connectivity index is 2.87. The van der Waals surface area contributed by atoms with E-state index in [-0.39, 0.29) is 5.82 Å². The second-order valence-corrected chi connectivity index (χ2v) is 2.05. The molecule has 1 aliphatic rings. The molecule has 4 nitrogen and oxygen atoms in total. The summed E-state index contributed by atoms with van der Waals surface area (Å²) < 4.78 is 0. The van der Waals surface area contributed by atoms with E-state index in [0.717, 1.165) is 12.0 Å². The van der Waals surface area contributed by atoms with Crippen LogP contribution in [0.4, 0.5) is 0 Å². The summed E-state index contributed by atoms with van der Waals surface area (Å²) in [7, 11) is 0. The maximum Gasteiger partial charge on any atom is 0.362 e. The van der Waals surface area contributed by atoms with Crippen molar-refractivity contribution in [3.63, 3.8) is 0 Å². The molecule has 0 saturated heterocycles. The fourth-order valence-electron chi connectivity index (χ4n) is 0.904. The van der Waals surface area contributed by atoms with Gasteiger partial charge in [0.05, 0.1) is 0 Å². The van der Waals surface area contributed by atoms with Crippen LogP contribution in [0.1, 0.15) is 19.8 Å². The van der Waals surface area contributed by atoms with E-state index < -0.39 is 4.92 Å². The zero-order valence-electron chi connectivity index (χ0n) is 5.70. The second-order valence-electron chi connectivity index (χ2n) is 2.05. The first kappa shape index (κ1) is 6.92. The minimum absolute atomic E-state index is 0.0440. The maximum absolute atomic E-state index is 10.2. The van der Waals surface area contributed by atoms with E-state index >= 15 is 0 Å². The average molecular weight is 140 g/mol. The largest absolute Gasteiger partial charge is 0.362 e. The zero-order valence-corrected chi connectivity index (χ0v) is 5.70. The topological polar surface area (TPSA) is 55.5 Å². The van der Waals surface area contributed by atoms with Crippen LogP contribution in [-0.2, 0) is 0 Å². The molecule has 0 spiro atoms. The van der Waals surface area contributed by atoms with E-state index in [0.29, 0.717) is 6.42 Å². The number of hydrogen-bond acceptors (Lipinski definition) is 3. The summed E-state index contributed by atoms with van der Waals surface area (Å²) in [6.45, 7) is 1.90. The van der Waals surface area contributed by atoms with Crippen molar-refractivity contribution in [1.29, 1.82) is 0 Å². The van der Waals surface area contributed by atoms with Crippen LogP contribution in [0, 0.1) is 10.1 Å². The van der Waals surface area contributed by atoms with E-state index in [1.807, 2.05) is 6.92 Å². The van der Waals surface area contributed by atoms with Crippen LogP contribution in [0.25, 0.3) is 0 Å². The summed E-state index contributed by atoms with van der Waals surface area (Å²) in [5.74, 6) is 0.0440. The molecule has 0 N–H and O–H groups in total. The molecule has 0 aromatic heterocycles. The third-order valence-electron chi connectivity index (χ3n) is 1.47. The molecule has 0 aromatic carbocycles. The van der Waals surface area contributed by atoms with Crippen molar-refractivity contribution in [3.8, 4) is 0 Å². The minimum Gasteiger partial charge on any atom is -0.358 e. The SMILES string of the molecule is CCC1=C([N+](=O)[O-])N=CC1. The molecule has 4 heteroatoms. The monoisotopic (exact) mass is 140 g/mol. The molecule has 0 aliphatic carbocycles. The predicted molar refractivity (Wildman–Crippen MR) is 37.4 cm³/mol. The van der Waals surface area contributed by atoms with Crippen LogP contribution in [0.5, 0.6) is 0 Å². The molecule has 1 aliphatic heterocycles. The zero-order chi connectivity index (χ0) is 7.56. The van der Waals surface area contributed by atoms with Gasteiger partial charge in [0.25, 0.3) is 0 Å². The number of rotatable bonds is 2. The lowest BCUT2D eigenvalue weighted by Crippen LogP contribution is -1.96. The molecule has 54 valence electrons. The first-order valence-corrected chi connectivity index (χ1v) is 3.14. The Morgan fingerprint density at radius 2 is 2.60 bits per heavy atom. The Bertz CT molecular complexity index is 218. The number of nitrogens with zero attached hydrogens (tertiary/aromatic N) is 2. The highest BCUT2D eigenvalue weighted by Crippen LogP contribution is 2.18. The van der Waals surface area contributed by atoms with E-state index in [1.54, 1.807) is 6.21 Å². The fourth-order valence-corrected chi connectivity index (χ4v) is 0.904. The molecular weight excluding hydrogens is 132 g/mol. The summed E-state index contributed by atoms with van der Waals surface area (Å²) in [6, 6.07) is 0. The van der Waals surface area contributed by atoms with Crippen molar-refractivity contribution < 1.29 is 4.92 Å². The van der Waals surface area contributed by atoms with Crippen LogP contribution in [0.2, 0.25) is 0 Å². The summed E-state index contributed by atoms with van der Waals surface area (Å²) in [5.41, 5.74) is 0.824.